The van der Waals surface area contributed by atoms with E-state index in [1.54, 1.807) is 4.90 Å². The van der Waals surface area contributed by atoms with Gasteiger partial charge in [-0.25, -0.2) is 9.37 Å². The molecule has 6 rings (SSSR count). The highest BCUT2D eigenvalue weighted by atomic mass is 19.4. The maximum absolute atomic E-state index is 15.3. The summed E-state index contributed by atoms with van der Waals surface area (Å²) in [5.74, 6) is -0.935. The molecule has 0 atom stereocenters. The molecule has 1 aliphatic heterocycles. The van der Waals surface area contributed by atoms with Crippen molar-refractivity contribution in [2.45, 2.75) is 63.6 Å². The van der Waals surface area contributed by atoms with Crippen LogP contribution in [0.1, 0.15) is 71.6 Å². The molecule has 9 heteroatoms. The lowest BCUT2D eigenvalue weighted by molar-refractivity contribution is -0.274. The predicted molar refractivity (Wildman–Crippen MR) is 125 cm³/mol. The molecule has 3 heterocycles. The summed E-state index contributed by atoms with van der Waals surface area (Å²) in [4.78, 5) is 22.5. The number of aromatic nitrogens is 2. The van der Waals surface area contributed by atoms with Crippen molar-refractivity contribution in [1.82, 2.24) is 14.9 Å². The van der Waals surface area contributed by atoms with Crippen LogP contribution in [0.2, 0.25) is 0 Å². The molecule has 1 saturated carbocycles. The van der Waals surface area contributed by atoms with Crippen molar-refractivity contribution in [3.63, 3.8) is 0 Å². The van der Waals surface area contributed by atoms with Crippen LogP contribution in [0, 0.1) is 11.2 Å². The van der Waals surface area contributed by atoms with Gasteiger partial charge >= 0.3 is 6.36 Å². The van der Waals surface area contributed by atoms with E-state index >= 15 is 4.39 Å². The predicted octanol–water partition coefficient (Wildman–Crippen LogP) is 6.28. The monoisotopic (exact) mass is 501 g/mol. The first-order chi connectivity index (χ1) is 17.2. The Hall–Kier alpha value is -3.10. The van der Waals surface area contributed by atoms with Crippen molar-refractivity contribution >= 4 is 16.9 Å². The number of alkyl halides is 3. The Labute approximate surface area is 205 Å². The van der Waals surface area contributed by atoms with Crippen molar-refractivity contribution in [3.8, 4) is 5.75 Å². The second-order valence-corrected chi connectivity index (χ2v) is 10.5. The van der Waals surface area contributed by atoms with E-state index in [0.717, 1.165) is 41.6 Å². The van der Waals surface area contributed by atoms with Crippen LogP contribution >= 0.6 is 0 Å². The van der Waals surface area contributed by atoms with Gasteiger partial charge in [0.1, 0.15) is 17.2 Å². The number of amides is 1. The van der Waals surface area contributed by atoms with Gasteiger partial charge in [0.2, 0.25) is 0 Å². The van der Waals surface area contributed by atoms with E-state index in [1.807, 2.05) is 0 Å². The highest BCUT2D eigenvalue weighted by molar-refractivity contribution is 5.94. The van der Waals surface area contributed by atoms with Crippen LogP contribution in [-0.2, 0) is 12.8 Å². The van der Waals surface area contributed by atoms with E-state index in [2.05, 4.69) is 14.7 Å². The van der Waals surface area contributed by atoms with Crippen LogP contribution in [0.25, 0.3) is 11.0 Å². The van der Waals surface area contributed by atoms with Gasteiger partial charge in [-0.05, 0) is 86.1 Å². The average molecular weight is 502 g/mol. The van der Waals surface area contributed by atoms with E-state index in [4.69, 9.17) is 0 Å². The number of piperidine rings is 1. The van der Waals surface area contributed by atoms with Gasteiger partial charge in [-0.3, -0.25) is 4.79 Å². The maximum Gasteiger partial charge on any atom is 0.573 e. The fraction of sp³-hybridized carbons (Fsp3) is 0.481. The number of H-pyrrole nitrogens is 1. The summed E-state index contributed by atoms with van der Waals surface area (Å²) < 4.78 is 56.3. The maximum atomic E-state index is 15.3. The lowest BCUT2D eigenvalue weighted by atomic mass is 9.60. The number of halogens is 4. The summed E-state index contributed by atoms with van der Waals surface area (Å²) >= 11 is 0. The van der Waals surface area contributed by atoms with Crippen molar-refractivity contribution in [1.29, 1.82) is 0 Å². The van der Waals surface area contributed by atoms with Crippen LogP contribution < -0.4 is 4.74 Å². The Morgan fingerprint density at radius 3 is 2.47 bits per heavy atom. The highest BCUT2D eigenvalue weighted by Gasteiger charge is 2.42. The lowest BCUT2D eigenvalue weighted by Crippen LogP contribution is -2.38. The topological polar surface area (TPSA) is 58.2 Å². The molecule has 1 saturated heterocycles. The molecule has 2 fully saturated rings. The van der Waals surface area contributed by atoms with Gasteiger partial charge in [-0.2, -0.15) is 0 Å². The zero-order chi connectivity index (χ0) is 25.1. The molecule has 3 aliphatic rings. The molecule has 36 heavy (non-hydrogen) atoms. The third-order valence-corrected chi connectivity index (χ3v) is 8.40. The molecule has 2 aliphatic carbocycles. The van der Waals surface area contributed by atoms with E-state index in [-0.39, 0.29) is 23.4 Å². The largest absolute Gasteiger partial charge is 0.573 e. The van der Waals surface area contributed by atoms with Gasteiger partial charge in [-0.1, -0.05) is 6.42 Å². The fourth-order valence-corrected chi connectivity index (χ4v) is 6.39. The van der Waals surface area contributed by atoms with Crippen molar-refractivity contribution < 1.29 is 27.1 Å². The number of likely N-dealkylation sites (tertiary alicyclic amines) is 1. The first-order valence-corrected chi connectivity index (χ1v) is 12.5. The first-order valence-electron chi connectivity index (χ1n) is 12.5. The highest BCUT2D eigenvalue weighted by Crippen LogP contribution is 2.52. The first kappa shape index (κ1) is 23.3. The molecule has 0 bridgehead atoms. The average Bonchev–Trinajstić information content (AvgIpc) is 3.20. The Balaban J connectivity index is 1.20. The smallest absolute Gasteiger partial charge is 0.406 e. The number of benzene rings is 1. The van der Waals surface area contributed by atoms with Gasteiger partial charge in [-0.15, -0.1) is 13.2 Å². The van der Waals surface area contributed by atoms with Crippen LogP contribution in [0.15, 0.2) is 30.5 Å². The summed E-state index contributed by atoms with van der Waals surface area (Å²) in [7, 11) is 0. The van der Waals surface area contributed by atoms with E-state index in [9.17, 15) is 18.0 Å². The number of hydrogen-bond donors (Lipinski definition) is 1. The second kappa shape index (κ2) is 8.49. The number of ether oxygens (including phenoxy) is 1. The number of nitrogens with zero attached hydrogens (tertiary/aromatic N) is 2. The standard InChI is InChI=1S/C27H27F4N3O2/c28-20-15-32-24-23(19-14-26(9-1-10-26)11-6-21(19)33-24)22(20)16-7-12-34(13-8-16)25(35)17-2-4-18(5-3-17)36-27(29,30)31/h2-5,15-16H,1,6-14H2,(H,32,33). The Kier molecular flexibility index (Phi) is 5.50. The quantitative estimate of drug-likeness (QED) is 0.430. The molecule has 0 radical (unpaired) electrons. The number of fused-ring (bicyclic) bond motifs is 3. The van der Waals surface area contributed by atoms with Crippen molar-refractivity contribution in [3.05, 3.63) is 58.7 Å². The third kappa shape index (κ3) is 4.12. The van der Waals surface area contributed by atoms with Crippen molar-refractivity contribution in [2.75, 3.05) is 13.1 Å². The van der Waals surface area contributed by atoms with Gasteiger partial charge < -0.3 is 14.6 Å². The number of carbonyl (C=O) groups excluding carboxylic acids is 1. The Bertz CT molecular complexity index is 1300. The van der Waals surface area contributed by atoms with Gasteiger partial charge in [0.05, 0.1) is 6.20 Å². The number of carbonyl (C=O) groups is 1. The molecule has 0 unspecified atom stereocenters. The van der Waals surface area contributed by atoms with E-state index in [0.29, 0.717) is 36.9 Å². The third-order valence-electron chi connectivity index (χ3n) is 8.40. The number of pyridine rings is 1. The van der Waals surface area contributed by atoms with Gasteiger partial charge in [0.25, 0.3) is 5.91 Å². The summed E-state index contributed by atoms with van der Waals surface area (Å²) in [6, 6.07) is 4.95. The minimum absolute atomic E-state index is 0.0266. The zero-order valence-electron chi connectivity index (χ0n) is 19.8. The summed E-state index contributed by atoms with van der Waals surface area (Å²) in [5, 5.41) is 0.945. The number of aryl methyl sites for hydroxylation is 1. The SMILES string of the molecule is O=C(c1ccc(OC(F)(F)F)cc1)N1CCC(c2c(F)cnc3[nH]c4c(c23)CC2(CCC2)CC4)CC1. The van der Waals surface area contributed by atoms with Gasteiger partial charge in [0, 0.05) is 35.3 Å². The van der Waals surface area contributed by atoms with Crippen LogP contribution in [0.4, 0.5) is 17.6 Å². The molecular weight excluding hydrogens is 474 g/mol. The van der Waals surface area contributed by atoms with E-state index < -0.39 is 6.36 Å². The van der Waals surface area contributed by atoms with Crippen LogP contribution in [-0.4, -0.2) is 40.2 Å². The second-order valence-electron chi connectivity index (χ2n) is 10.5. The molecule has 1 spiro atoms. The molecule has 1 amide bonds. The normalized spacial score (nSPS) is 19.8. The number of hydrogen-bond acceptors (Lipinski definition) is 3. The van der Waals surface area contributed by atoms with Crippen molar-refractivity contribution in [2.24, 2.45) is 5.41 Å². The zero-order valence-corrected chi connectivity index (χ0v) is 19.8. The lowest BCUT2D eigenvalue weighted by Gasteiger charge is -2.45. The van der Waals surface area contributed by atoms with E-state index in [1.165, 1.54) is 55.3 Å². The Morgan fingerprint density at radius 1 is 1.11 bits per heavy atom. The van der Waals surface area contributed by atoms with Crippen LogP contribution in [0.3, 0.4) is 0 Å². The molecule has 3 aromatic rings. The number of nitrogens with one attached hydrogen (secondary N) is 1. The minimum Gasteiger partial charge on any atom is -0.406 e. The molecule has 1 aromatic carbocycles. The Morgan fingerprint density at radius 2 is 1.83 bits per heavy atom. The summed E-state index contributed by atoms with van der Waals surface area (Å²) in [6.45, 7) is 0.897. The fourth-order valence-electron chi connectivity index (χ4n) is 6.39. The molecule has 5 nitrogen and oxygen atoms in total. The summed E-state index contributed by atoms with van der Waals surface area (Å²) in [5.41, 5.74) is 4.56. The summed E-state index contributed by atoms with van der Waals surface area (Å²) in [6.07, 6.45) is 4.62. The number of rotatable bonds is 3. The molecule has 190 valence electrons. The molecule has 1 N–H and O–H groups in total. The minimum atomic E-state index is -4.78. The van der Waals surface area contributed by atoms with Gasteiger partial charge in [0.15, 0.2) is 0 Å². The molecular formula is C27H27F4N3O2. The molecule has 2 aromatic heterocycles. The van der Waals surface area contributed by atoms with Crippen LogP contribution in [0.5, 0.6) is 5.75 Å². The number of aromatic amines is 1.